The topological polar surface area (TPSA) is 36.7 Å². The summed E-state index contributed by atoms with van der Waals surface area (Å²) in [7, 11) is 0. The predicted molar refractivity (Wildman–Crippen MR) is 70.9 cm³/mol. The van der Waals surface area contributed by atoms with Gasteiger partial charge in [0.25, 0.3) is 0 Å². The van der Waals surface area contributed by atoms with Crippen LogP contribution in [-0.2, 0) is 5.41 Å². The molecule has 86 valence electrons. The van der Waals surface area contributed by atoms with Gasteiger partial charge in [-0.15, -0.1) is 11.3 Å². The van der Waals surface area contributed by atoms with Crippen molar-refractivity contribution in [3.8, 4) is 16.6 Å². The van der Waals surface area contributed by atoms with Gasteiger partial charge in [0.15, 0.2) is 0 Å². The van der Waals surface area contributed by atoms with Crippen molar-refractivity contribution in [1.29, 1.82) is 5.26 Å². The van der Waals surface area contributed by atoms with Crippen molar-refractivity contribution >= 4 is 11.3 Å². The number of thiazole rings is 1. The second-order valence-corrected chi connectivity index (χ2v) is 5.45. The molecule has 0 saturated heterocycles. The Balaban J connectivity index is 2.45. The van der Waals surface area contributed by atoms with E-state index in [9.17, 15) is 0 Å². The molecule has 17 heavy (non-hydrogen) atoms. The Hall–Kier alpha value is -1.66. The number of hydrogen-bond donors (Lipinski definition) is 0. The van der Waals surface area contributed by atoms with E-state index in [4.69, 9.17) is 5.26 Å². The van der Waals surface area contributed by atoms with Gasteiger partial charge in [-0.2, -0.15) is 5.26 Å². The SMILES string of the molecule is Cc1ccccc1-c1nc(C(C)(C)C#N)cs1. The van der Waals surface area contributed by atoms with Gasteiger partial charge in [-0.25, -0.2) is 4.98 Å². The quantitative estimate of drug-likeness (QED) is 0.800. The summed E-state index contributed by atoms with van der Waals surface area (Å²) in [6.45, 7) is 5.86. The van der Waals surface area contributed by atoms with Crippen LogP contribution < -0.4 is 0 Å². The fraction of sp³-hybridized carbons (Fsp3) is 0.286. The third-order valence-electron chi connectivity index (χ3n) is 2.80. The summed E-state index contributed by atoms with van der Waals surface area (Å²) in [5, 5.41) is 12.1. The summed E-state index contributed by atoms with van der Waals surface area (Å²) in [4.78, 5) is 4.58. The minimum Gasteiger partial charge on any atom is -0.239 e. The predicted octanol–water partition coefficient (Wildman–Crippen LogP) is 3.92. The van der Waals surface area contributed by atoms with Crippen molar-refractivity contribution < 1.29 is 0 Å². The number of nitriles is 1. The fourth-order valence-electron chi connectivity index (χ4n) is 1.55. The lowest BCUT2D eigenvalue weighted by Gasteiger charge is -2.10. The van der Waals surface area contributed by atoms with E-state index in [1.54, 1.807) is 11.3 Å². The van der Waals surface area contributed by atoms with Gasteiger partial charge in [0.2, 0.25) is 0 Å². The first-order chi connectivity index (χ1) is 8.04. The van der Waals surface area contributed by atoms with Crippen LogP contribution in [0.4, 0.5) is 0 Å². The van der Waals surface area contributed by atoms with Crippen LogP contribution in [0.5, 0.6) is 0 Å². The van der Waals surface area contributed by atoms with Crippen LogP contribution in [0.25, 0.3) is 10.6 Å². The molecule has 0 fully saturated rings. The van der Waals surface area contributed by atoms with E-state index in [-0.39, 0.29) is 0 Å². The Kier molecular flexibility index (Phi) is 2.99. The average Bonchev–Trinajstić information content (AvgIpc) is 2.79. The molecular weight excluding hydrogens is 228 g/mol. The van der Waals surface area contributed by atoms with Gasteiger partial charge in [-0.1, -0.05) is 24.3 Å². The van der Waals surface area contributed by atoms with Gasteiger partial charge in [0, 0.05) is 10.9 Å². The third kappa shape index (κ3) is 2.22. The highest BCUT2D eigenvalue weighted by atomic mass is 32.1. The molecule has 0 bridgehead atoms. The average molecular weight is 242 g/mol. The highest BCUT2D eigenvalue weighted by molar-refractivity contribution is 7.13. The van der Waals surface area contributed by atoms with Crippen LogP contribution in [0.2, 0.25) is 0 Å². The smallest absolute Gasteiger partial charge is 0.123 e. The number of benzene rings is 1. The largest absolute Gasteiger partial charge is 0.239 e. The Labute approximate surface area is 106 Å². The zero-order valence-corrected chi connectivity index (χ0v) is 11.0. The third-order valence-corrected chi connectivity index (χ3v) is 3.68. The monoisotopic (exact) mass is 242 g/mol. The molecule has 0 aliphatic rings. The first kappa shape index (κ1) is 11.8. The summed E-state index contributed by atoms with van der Waals surface area (Å²) in [6, 6.07) is 10.5. The molecule has 2 aromatic rings. The van der Waals surface area contributed by atoms with Crippen LogP contribution in [0.1, 0.15) is 25.1 Å². The number of aryl methyl sites for hydroxylation is 1. The van der Waals surface area contributed by atoms with Gasteiger partial charge in [-0.05, 0) is 26.3 Å². The molecule has 2 rings (SSSR count). The van der Waals surface area contributed by atoms with Crippen LogP contribution >= 0.6 is 11.3 Å². The molecule has 0 aliphatic carbocycles. The van der Waals surface area contributed by atoms with Crippen LogP contribution in [0.15, 0.2) is 29.6 Å². The van der Waals surface area contributed by atoms with E-state index in [2.05, 4.69) is 30.1 Å². The van der Waals surface area contributed by atoms with E-state index in [1.165, 1.54) is 5.56 Å². The normalized spacial score (nSPS) is 11.2. The Morgan fingerprint density at radius 1 is 1.29 bits per heavy atom. The van der Waals surface area contributed by atoms with Crippen LogP contribution in [0, 0.1) is 18.3 Å². The molecule has 0 saturated carbocycles. The highest BCUT2D eigenvalue weighted by Gasteiger charge is 2.23. The Morgan fingerprint density at radius 3 is 2.65 bits per heavy atom. The summed E-state index contributed by atoms with van der Waals surface area (Å²) in [6.07, 6.45) is 0. The molecule has 0 N–H and O–H groups in total. The molecular formula is C14H14N2S. The highest BCUT2D eigenvalue weighted by Crippen LogP contribution is 2.31. The molecule has 1 aromatic heterocycles. The molecule has 3 heteroatoms. The van der Waals surface area contributed by atoms with Crippen molar-refractivity contribution in [3.05, 3.63) is 40.9 Å². The van der Waals surface area contributed by atoms with Crippen molar-refractivity contribution in [2.24, 2.45) is 0 Å². The number of hydrogen-bond acceptors (Lipinski definition) is 3. The Bertz CT molecular complexity index is 576. The van der Waals surface area contributed by atoms with E-state index < -0.39 is 5.41 Å². The van der Waals surface area contributed by atoms with Crippen LogP contribution in [0.3, 0.4) is 0 Å². The molecule has 0 atom stereocenters. The van der Waals surface area contributed by atoms with Gasteiger partial charge in [0.1, 0.15) is 5.01 Å². The number of aromatic nitrogens is 1. The van der Waals surface area contributed by atoms with E-state index in [0.717, 1.165) is 16.3 Å². The van der Waals surface area contributed by atoms with E-state index in [1.807, 2.05) is 31.4 Å². The molecule has 0 amide bonds. The van der Waals surface area contributed by atoms with E-state index in [0.29, 0.717) is 0 Å². The van der Waals surface area contributed by atoms with Gasteiger partial charge in [0.05, 0.1) is 17.2 Å². The standard InChI is InChI=1S/C14H14N2S/c1-10-6-4-5-7-11(10)13-16-12(8-17-13)14(2,3)9-15/h4-8H,1-3H3. The number of nitrogens with zero attached hydrogens (tertiary/aromatic N) is 2. The minimum absolute atomic E-state index is 0.516. The lowest BCUT2D eigenvalue weighted by Crippen LogP contribution is -2.14. The molecule has 1 heterocycles. The van der Waals surface area contributed by atoms with Crippen molar-refractivity contribution in [1.82, 2.24) is 4.98 Å². The lowest BCUT2D eigenvalue weighted by molar-refractivity contribution is 0.666. The minimum atomic E-state index is -0.516. The molecule has 0 radical (unpaired) electrons. The molecule has 1 aromatic carbocycles. The fourth-order valence-corrected chi connectivity index (χ4v) is 2.63. The van der Waals surface area contributed by atoms with Crippen LogP contribution in [-0.4, -0.2) is 4.98 Å². The van der Waals surface area contributed by atoms with E-state index >= 15 is 0 Å². The maximum absolute atomic E-state index is 9.10. The molecule has 0 aliphatic heterocycles. The first-order valence-electron chi connectivity index (χ1n) is 5.48. The van der Waals surface area contributed by atoms with Gasteiger partial charge < -0.3 is 0 Å². The molecule has 2 nitrogen and oxygen atoms in total. The Morgan fingerprint density at radius 2 is 2.00 bits per heavy atom. The lowest BCUT2D eigenvalue weighted by atomic mass is 9.92. The maximum atomic E-state index is 9.10. The summed E-state index contributed by atoms with van der Waals surface area (Å²) >= 11 is 1.60. The van der Waals surface area contributed by atoms with Crippen molar-refractivity contribution in [2.45, 2.75) is 26.2 Å². The maximum Gasteiger partial charge on any atom is 0.123 e. The number of rotatable bonds is 2. The molecule has 0 unspecified atom stereocenters. The molecule has 0 spiro atoms. The van der Waals surface area contributed by atoms with Crippen molar-refractivity contribution in [2.75, 3.05) is 0 Å². The summed E-state index contributed by atoms with van der Waals surface area (Å²) < 4.78 is 0. The summed E-state index contributed by atoms with van der Waals surface area (Å²) in [5.74, 6) is 0. The van der Waals surface area contributed by atoms with Gasteiger partial charge >= 0.3 is 0 Å². The first-order valence-corrected chi connectivity index (χ1v) is 6.36. The van der Waals surface area contributed by atoms with Crippen molar-refractivity contribution in [3.63, 3.8) is 0 Å². The summed E-state index contributed by atoms with van der Waals surface area (Å²) in [5.41, 5.74) is 2.70. The zero-order chi connectivity index (χ0) is 12.5. The second kappa shape index (κ2) is 4.31. The second-order valence-electron chi connectivity index (χ2n) is 4.59. The zero-order valence-electron chi connectivity index (χ0n) is 10.2. The van der Waals surface area contributed by atoms with Gasteiger partial charge in [-0.3, -0.25) is 0 Å².